The fourth-order valence-corrected chi connectivity index (χ4v) is 3.29. The molecule has 1 aliphatic heterocycles. The molecule has 0 spiro atoms. The highest BCUT2D eigenvalue weighted by Crippen LogP contribution is 2.29. The molecule has 1 fully saturated rings. The Morgan fingerprint density at radius 2 is 2.04 bits per heavy atom. The van der Waals surface area contributed by atoms with Crippen LogP contribution in [0.1, 0.15) is 24.1 Å². The van der Waals surface area contributed by atoms with Gasteiger partial charge in [0.25, 0.3) is 0 Å². The van der Waals surface area contributed by atoms with Gasteiger partial charge in [0.15, 0.2) is 11.9 Å². The number of nitrogens with zero attached hydrogens (tertiary/aromatic N) is 4. The highest BCUT2D eigenvalue weighted by Gasteiger charge is 2.31. The van der Waals surface area contributed by atoms with Crippen LogP contribution in [-0.2, 0) is 9.53 Å². The quantitative estimate of drug-likeness (QED) is 0.837. The molecule has 1 aliphatic rings. The molecular formula is C19H24N4O3. The number of esters is 1. The number of aryl methyl sites for hydroxylation is 1. The maximum Gasteiger partial charge on any atom is 0.334 e. The van der Waals surface area contributed by atoms with E-state index in [-0.39, 0.29) is 5.92 Å². The number of aromatic nitrogens is 3. The number of methoxy groups -OCH3 is 1. The summed E-state index contributed by atoms with van der Waals surface area (Å²) in [6.07, 6.45) is 3.85. The van der Waals surface area contributed by atoms with Gasteiger partial charge in [-0.1, -0.05) is 0 Å². The Morgan fingerprint density at radius 3 is 2.65 bits per heavy atom. The lowest BCUT2D eigenvalue weighted by molar-refractivity contribution is -0.153. The predicted octanol–water partition coefficient (Wildman–Crippen LogP) is 1.91. The third-order valence-corrected chi connectivity index (χ3v) is 5.01. The van der Waals surface area contributed by atoms with Gasteiger partial charge in [-0.25, -0.2) is 14.8 Å². The highest BCUT2D eigenvalue weighted by molar-refractivity contribution is 5.74. The lowest BCUT2D eigenvalue weighted by Gasteiger charge is -2.35. The maximum absolute atomic E-state index is 11.6. The average Bonchev–Trinajstić information content (AvgIpc) is 2.69. The molecule has 1 N–H and O–H groups in total. The van der Waals surface area contributed by atoms with E-state index in [0.29, 0.717) is 18.7 Å². The van der Waals surface area contributed by atoms with Gasteiger partial charge in [-0.05, 0) is 44.7 Å². The summed E-state index contributed by atoms with van der Waals surface area (Å²) in [7, 11) is 1.30. The summed E-state index contributed by atoms with van der Waals surface area (Å²) in [5.74, 6) is 0.923. The molecule has 0 radical (unpaired) electrons. The first-order valence-electron chi connectivity index (χ1n) is 8.77. The van der Waals surface area contributed by atoms with Crippen LogP contribution < -0.4 is 4.90 Å². The number of aliphatic hydroxyl groups is 1. The van der Waals surface area contributed by atoms with Crippen molar-refractivity contribution >= 4 is 11.8 Å². The zero-order chi connectivity index (χ0) is 18.7. The number of aliphatic hydroxyl groups excluding tert-OH is 1. The van der Waals surface area contributed by atoms with Crippen LogP contribution in [0.3, 0.4) is 0 Å². The van der Waals surface area contributed by atoms with Crippen molar-refractivity contribution < 1.29 is 14.6 Å². The normalized spacial score (nSPS) is 16.4. The summed E-state index contributed by atoms with van der Waals surface area (Å²) in [6.45, 7) is 5.45. The second-order valence-corrected chi connectivity index (χ2v) is 6.62. The largest absolute Gasteiger partial charge is 0.467 e. The summed E-state index contributed by atoms with van der Waals surface area (Å²) in [4.78, 5) is 27.3. The summed E-state index contributed by atoms with van der Waals surface area (Å²) in [5.41, 5.74) is 2.86. The van der Waals surface area contributed by atoms with Gasteiger partial charge in [-0.3, -0.25) is 4.98 Å². The van der Waals surface area contributed by atoms with Crippen molar-refractivity contribution in [1.82, 2.24) is 15.0 Å². The van der Waals surface area contributed by atoms with E-state index in [1.807, 2.05) is 26.0 Å². The minimum atomic E-state index is -1.05. The molecule has 0 saturated carbocycles. The highest BCUT2D eigenvalue weighted by atomic mass is 16.5. The van der Waals surface area contributed by atoms with Gasteiger partial charge >= 0.3 is 5.97 Å². The number of hydrogen-bond donors (Lipinski definition) is 1. The van der Waals surface area contributed by atoms with E-state index in [0.717, 1.165) is 35.7 Å². The predicted molar refractivity (Wildman–Crippen MR) is 97.7 cm³/mol. The van der Waals surface area contributed by atoms with Crippen molar-refractivity contribution in [3.63, 3.8) is 0 Å². The van der Waals surface area contributed by atoms with Crippen molar-refractivity contribution in [2.24, 2.45) is 5.92 Å². The van der Waals surface area contributed by atoms with E-state index >= 15 is 0 Å². The Morgan fingerprint density at radius 1 is 1.31 bits per heavy atom. The van der Waals surface area contributed by atoms with Crippen LogP contribution in [0.5, 0.6) is 0 Å². The van der Waals surface area contributed by atoms with Crippen molar-refractivity contribution in [1.29, 1.82) is 0 Å². The number of ether oxygens (including phenoxy) is 1. The number of pyridine rings is 1. The lowest BCUT2D eigenvalue weighted by Crippen LogP contribution is -2.41. The summed E-state index contributed by atoms with van der Waals surface area (Å²) in [6, 6.07) is 3.81. The van der Waals surface area contributed by atoms with Gasteiger partial charge in [-0.2, -0.15) is 0 Å². The van der Waals surface area contributed by atoms with E-state index in [9.17, 15) is 9.90 Å². The summed E-state index contributed by atoms with van der Waals surface area (Å²) >= 11 is 0. The van der Waals surface area contributed by atoms with Gasteiger partial charge < -0.3 is 14.7 Å². The maximum atomic E-state index is 11.6. The van der Waals surface area contributed by atoms with E-state index in [1.54, 1.807) is 12.4 Å². The molecule has 0 aliphatic carbocycles. The van der Waals surface area contributed by atoms with Crippen LogP contribution in [-0.4, -0.2) is 52.3 Å². The van der Waals surface area contributed by atoms with Crippen LogP contribution in [0.25, 0.3) is 11.4 Å². The fourth-order valence-electron chi connectivity index (χ4n) is 3.29. The SMILES string of the molecule is COC(=O)C(O)C1CCN(c2nc(-c3cccnc3)nc(C)c2C)CC1. The van der Waals surface area contributed by atoms with Gasteiger partial charge in [0.05, 0.1) is 7.11 Å². The molecule has 1 saturated heterocycles. The standard InChI is InChI=1S/C19H24N4O3/c1-12-13(2)21-17(15-5-4-8-20-11-15)22-18(12)23-9-6-14(7-10-23)16(24)19(25)26-3/h4-5,8,11,14,16,24H,6-7,9-10H2,1-3H3. The van der Waals surface area contributed by atoms with Crippen LogP contribution in [0, 0.1) is 19.8 Å². The van der Waals surface area contributed by atoms with E-state index in [2.05, 4.69) is 19.6 Å². The molecule has 0 aromatic carbocycles. The first kappa shape index (κ1) is 18.3. The minimum Gasteiger partial charge on any atom is -0.467 e. The second kappa shape index (κ2) is 7.78. The zero-order valence-electron chi connectivity index (χ0n) is 15.3. The Labute approximate surface area is 153 Å². The topological polar surface area (TPSA) is 88.4 Å². The van der Waals surface area contributed by atoms with Gasteiger partial charge in [0.1, 0.15) is 5.82 Å². The number of piperidine rings is 1. The van der Waals surface area contributed by atoms with Crippen LogP contribution in [0.4, 0.5) is 5.82 Å². The molecule has 3 rings (SSSR count). The van der Waals surface area contributed by atoms with Crippen LogP contribution in [0.15, 0.2) is 24.5 Å². The van der Waals surface area contributed by atoms with Crippen molar-refractivity contribution in [3.8, 4) is 11.4 Å². The smallest absolute Gasteiger partial charge is 0.334 e. The lowest BCUT2D eigenvalue weighted by atomic mass is 9.91. The van der Waals surface area contributed by atoms with Gasteiger partial charge in [0.2, 0.25) is 0 Å². The Hall–Kier alpha value is -2.54. The van der Waals surface area contributed by atoms with Crippen LogP contribution >= 0.6 is 0 Å². The molecule has 2 aromatic heterocycles. The average molecular weight is 356 g/mol. The molecule has 7 nitrogen and oxygen atoms in total. The van der Waals surface area contributed by atoms with E-state index in [1.165, 1.54) is 7.11 Å². The number of rotatable bonds is 4. The molecule has 2 aromatic rings. The van der Waals surface area contributed by atoms with Gasteiger partial charge in [0, 0.05) is 42.3 Å². The molecule has 0 amide bonds. The summed E-state index contributed by atoms with van der Waals surface area (Å²) in [5, 5.41) is 10.1. The van der Waals surface area contributed by atoms with E-state index < -0.39 is 12.1 Å². The molecule has 1 atom stereocenters. The Balaban J connectivity index is 1.80. The molecule has 138 valence electrons. The molecular weight excluding hydrogens is 332 g/mol. The molecule has 7 heteroatoms. The second-order valence-electron chi connectivity index (χ2n) is 6.62. The van der Waals surface area contributed by atoms with Crippen molar-refractivity contribution in [3.05, 3.63) is 35.8 Å². The molecule has 0 bridgehead atoms. The number of hydrogen-bond acceptors (Lipinski definition) is 7. The number of carbonyl (C=O) groups is 1. The molecule has 3 heterocycles. The first-order valence-corrected chi connectivity index (χ1v) is 8.77. The number of carbonyl (C=O) groups excluding carboxylic acids is 1. The van der Waals surface area contributed by atoms with E-state index in [4.69, 9.17) is 4.98 Å². The molecule has 1 unspecified atom stereocenters. The van der Waals surface area contributed by atoms with Gasteiger partial charge in [-0.15, -0.1) is 0 Å². The zero-order valence-corrected chi connectivity index (χ0v) is 15.3. The fraction of sp³-hybridized carbons (Fsp3) is 0.474. The Kier molecular flexibility index (Phi) is 5.46. The summed E-state index contributed by atoms with van der Waals surface area (Å²) < 4.78 is 4.65. The van der Waals surface area contributed by atoms with Crippen LogP contribution in [0.2, 0.25) is 0 Å². The first-order chi connectivity index (χ1) is 12.5. The third kappa shape index (κ3) is 3.67. The monoisotopic (exact) mass is 356 g/mol. The van der Waals surface area contributed by atoms with Crippen molar-refractivity contribution in [2.45, 2.75) is 32.8 Å². The van der Waals surface area contributed by atoms with Crippen molar-refractivity contribution in [2.75, 3.05) is 25.1 Å². The Bertz CT molecular complexity index is 774. The minimum absolute atomic E-state index is 0.0836. The third-order valence-electron chi connectivity index (χ3n) is 5.01. The molecule has 26 heavy (non-hydrogen) atoms. The number of anilines is 1.